The molecular formula is C20H25N3O3S. The number of nitrogens with one attached hydrogen (secondary N) is 1. The quantitative estimate of drug-likeness (QED) is 0.825. The van der Waals surface area contributed by atoms with Crippen LogP contribution in [-0.2, 0) is 21.2 Å². The van der Waals surface area contributed by atoms with Gasteiger partial charge in [-0.15, -0.1) is 0 Å². The van der Waals surface area contributed by atoms with Crippen LogP contribution in [0.4, 0.5) is 5.69 Å². The lowest BCUT2D eigenvalue weighted by molar-refractivity contribution is -0.117. The number of sulfonamides is 1. The fraction of sp³-hybridized carbons (Fsp3) is 0.350. The number of hydrogen-bond acceptors (Lipinski definition) is 4. The van der Waals surface area contributed by atoms with E-state index in [1.165, 1.54) is 4.31 Å². The van der Waals surface area contributed by atoms with Gasteiger partial charge in [-0.3, -0.25) is 9.69 Å². The number of carbonyl (C=O) groups is 1. The first-order valence-electron chi connectivity index (χ1n) is 9.16. The predicted molar refractivity (Wildman–Crippen MR) is 106 cm³/mol. The standard InChI is InChI=1S/C20H25N3O3S/c1-2-17-8-6-7-11-19(17)21-20(24)16-22-12-14-23(15-13-22)27(25,26)18-9-4-3-5-10-18/h3-11H,2,12-16H2,1H3,(H,21,24). The van der Waals surface area contributed by atoms with Gasteiger partial charge in [0.25, 0.3) is 0 Å². The fourth-order valence-corrected chi connectivity index (χ4v) is 4.66. The normalized spacial score (nSPS) is 16.2. The first-order valence-corrected chi connectivity index (χ1v) is 10.6. The van der Waals surface area contributed by atoms with Gasteiger partial charge in [0.15, 0.2) is 0 Å². The molecule has 2 aromatic carbocycles. The van der Waals surface area contributed by atoms with Crippen molar-refractivity contribution in [3.05, 3.63) is 60.2 Å². The van der Waals surface area contributed by atoms with Crippen LogP contribution in [0.15, 0.2) is 59.5 Å². The SMILES string of the molecule is CCc1ccccc1NC(=O)CN1CCN(S(=O)(=O)c2ccccc2)CC1. The Labute approximate surface area is 160 Å². The van der Waals surface area contributed by atoms with Gasteiger partial charge in [0.1, 0.15) is 0 Å². The van der Waals surface area contributed by atoms with Crippen LogP contribution in [0.2, 0.25) is 0 Å². The van der Waals surface area contributed by atoms with E-state index in [0.29, 0.717) is 31.1 Å². The highest BCUT2D eigenvalue weighted by atomic mass is 32.2. The van der Waals surface area contributed by atoms with Gasteiger partial charge in [0, 0.05) is 31.9 Å². The molecule has 1 aliphatic heterocycles. The summed E-state index contributed by atoms with van der Waals surface area (Å²) in [6.45, 7) is 4.16. The minimum Gasteiger partial charge on any atom is -0.325 e. The molecule has 7 heteroatoms. The van der Waals surface area contributed by atoms with E-state index in [2.05, 4.69) is 12.2 Å². The maximum atomic E-state index is 12.7. The molecule has 1 heterocycles. The number of anilines is 1. The Bertz CT molecular complexity index is 876. The van der Waals surface area contributed by atoms with E-state index in [4.69, 9.17) is 0 Å². The molecule has 1 amide bonds. The van der Waals surface area contributed by atoms with Crippen molar-refractivity contribution in [1.82, 2.24) is 9.21 Å². The van der Waals surface area contributed by atoms with Crippen LogP contribution in [0, 0.1) is 0 Å². The van der Waals surface area contributed by atoms with Crippen LogP contribution in [-0.4, -0.2) is 56.3 Å². The average Bonchev–Trinajstić information content (AvgIpc) is 2.69. The predicted octanol–water partition coefficient (Wildman–Crippen LogP) is 2.19. The Kier molecular flexibility index (Phi) is 6.26. The molecule has 1 fully saturated rings. The second-order valence-electron chi connectivity index (χ2n) is 6.55. The summed E-state index contributed by atoms with van der Waals surface area (Å²) < 4.78 is 26.8. The molecule has 0 aliphatic carbocycles. The molecule has 3 rings (SSSR count). The van der Waals surface area contributed by atoms with E-state index >= 15 is 0 Å². The maximum absolute atomic E-state index is 12.7. The third-order valence-electron chi connectivity index (χ3n) is 4.75. The van der Waals surface area contributed by atoms with Crippen molar-refractivity contribution in [2.75, 3.05) is 38.0 Å². The Balaban J connectivity index is 1.54. The highest BCUT2D eigenvalue weighted by Crippen LogP contribution is 2.18. The van der Waals surface area contributed by atoms with E-state index in [1.54, 1.807) is 30.3 Å². The Morgan fingerprint density at radius 2 is 1.59 bits per heavy atom. The smallest absolute Gasteiger partial charge is 0.243 e. The van der Waals surface area contributed by atoms with E-state index in [-0.39, 0.29) is 12.5 Å². The highest BCUT2D eigenvalue weighted by molar-refractivity contribution is 7.89. The monoisotopic (exact) mass is 387 g/mol. The van der Waals surface area contributed by atoms with Crippen molar-refractivity contribution in [3.8, 4) is 0 Å². The largest absolute Gasteiger partial charge is 0.325 e. The number of benzene rings is 2. The van der Waals surface area contributed by atoms with E-state index in [1.807, 2.05) is 29.2 Å². The molecule has 6 nitrogen and oxygen atoms in total. The first kappa shape index (κ1) is 19.5. The van der Waals surface area contributed by atoms with Crippen molar-refractivity contribution < 1.29 is 13.2 Å². The van der Waals surface area contributed by atoms with E-state index in [9.17, 15) is 13.2 Å². The Hall–Kier alpha value is -2.22. The van der Waals surface area contributed by atoms with Gasteiger partial charge < -0.3 is 5.32 Å². The lowest BCUT2D eigenvalue weighted by Gasteiger charge is -2.33. The van der Waals surface area contributed by atoms with Crippen molar-refractivity contribution >= 4 is 21.6 Å². The number of rotatable bonds is 6. The summed E-state index contributed by atoms with van der Waals surface area (Å²) in [6.07, 6.45) is 0.854. The van der Waals surface area contributed by atoms with Crippen molar-refractivity contribution in [2.24, 2.45) is 0 Å². The van der Waals surface area contributed by atoms with Gasteiger partial charge in [-0.2, -0.15) is 4.31 Å². The summed E-state index contributed by atoms with van der Waals surface area (Å²) in [4.78, 5) is 14.7. The number of amides is 1. The zero-order chi connectivity index (χ0) is 19.3. The van der Waals surface area contributed by atoms with Crippen molar-refractivity contribution in [3.63, 3.8) is 0 Å². The number of nitrogens with zero attached hydrogens (tertiary/aromatic N) is 2. The van der Waals surface area contributed by atoms with Gasteiger partial charge in [-0.1, -0.05) is 43.3 Å². The van der Waals surface area contributed by atoms with Crippen LogP contribution < -0.4 is 5.32 Å². The Morgan fingerprint density at radius 1 is 0.963 bits per heavy atom. The summed E-state index contributed by atoms with van der Waals surface area (Å²) in [5.74, 6) is -0.0738. The van der Waals surface area contributed by atoms with Crippen LogP contribution in [0.3, 0.4) is 0 Å². The fourth-order valence-electron chi connectivity index (χ4n) is 3.21. The van der Waals surface area contributed by atoms with Crippen LogP contribution in [0.25, 0.3) is 0 Å². The summed E-state index contributed by atoms with van der Waals surface area (Å²) in [6, 6.07) is 16.2. The van der Waals surface area contributed by atoms with Crippen LogP contribution in [0.1, 0.15) is 12.5 Å². The molecule has 0 unspecified atom stereocenters. The third kappa shape index (κ3) is 4.74. The second-order valence-corrected chi connectivity index (χ2v) is 8.49. The van der Waals surface area contributed by atoms with Crippen molar-refractivity contribution in [2.45, 2.75) is 18.2 Å². The number of hydrogen-bond donors (Lipinski definition) is 1. The van der Waals surface area contributed by atoms with E-state index < -0.39 is 10.0 Å². The molecule has 2 aromatic rings. The maximum Gasteiger partial charge on any atom is 0.243 e. The zero-order valence-electron chi connectivity index (χ0n) is 15.5. The summed E-state index contributed by atoms with van der Waals surface area (Å²) in [5, 5.41) is 2.96. The second kappa shape index (κ2) is 8.65. The molecule has 0 atom stereocenters. The molecule has 1 saturated heterocycles. The van der Waals surface area contributed by atoms with Gasteiger partial charge in [0.2, 0.25) is 15.9 Å². The van der Waals surface area contributed by atoms with Gasteiger partial charge in [0.05, 0.1) is 11.4 Å². The summed E-state index contributed by atoms with van der Waals surface area (Å²) in [5.41, 5.74) is 1.94. The zero-order valence-corrected chi connectivity index (χ0v) is 16.3. The molecule has 144 valence electrons. The van der Waals surface area contributed by atoms with Gasteiger partial charge in [-0.25, -0.2) is 8.42 Å². The molecule has 1 aliphatic rings. The molecule has 0 radical (unpaired) electrons. The van der Waals surface area contributed by atoms with Crippen molar-refractivity contribution in [1.29, 1.82) is 0 Å². The number of carbonyl (C=O) groups excluding carboxylic acids is 1. The number of piperazine rings is 1. The number of aryl methyl sites for hydroxylation is 1. The molecule has 0 bridgehead atoms. The highest BCUT2D eigenvalue weighted by Gasteiger charge is 2.28. The molecule has 1 N–H and O–H groups in total. The van der Waals surface area contributed by atoms with Crippen LogP contribution >= 0.6 is 0 Å². The molecular weight excluding hydrogens is 362 g/mol. The average molecular weight is 388 g/mol. The number of para-hydroxylation sites is 1. The Morgan fingerprint density at radius 3 is 2.26 bits per heavy atom. The lowest BCUT2D eigenvalue weighted by Crippen LogP contribution is -2.50. The first-order chi connectivity index (χ1) is 13.0. The topological polar surface area (TPSA) is 69.7 Å². The van der Waals surface area contributed by atoms with Crippen LogP contribution in [0.5, 0.6) is 0 Å². The molecule has 0 aromatic heterocycles. The minimum absolute atomic E-state index is 0.0738. The third-order valence-corrected chi connectivity index (χ3v) is 6.66. The molecule has 0 saturated carbocycles. The lowest BCUT2D eigenvalue weighted by atomic mass is 10.1. The van der Waals surface area contributed by atoms with Gasteiger partial charge in [-0.05, 0) is 30.2 Å². The summed E-state index contributed by atoms with van der Waals surface area (Å²) >= 11 is 0. The molecule has 27 heavy (non-hydrogen) atoms. The summed E-state index contributed by atoms with van der Waals surface area (Å²) in [7, 11) is -3.47. The minimum atomic E-state index is -3.47. The molecule has 0 spiro atoms. The van der Waals surface area contributed by atoms with E-state index in [0.717, 1.165) is 17.7 Å². The van der Waals surface area contributed by atoms with Gasteiger partial charge >= 0.3 is 0 Å².